The minimum Gasteiger partial charge on any atom is -0.366 e. The lowest BCUT2D eigenvalue weighted by Crippen LogP contribution is -2.47. The van der Waals surface area contributed by atoms with Crippen LogP contribution < -0.4 is 16.0 Å². The van der Waals surface area contributed by atoms with Crippen molar-refractivity contribution in [3.05, 3.63) is 47.8 Å². The maximum Gasteiger partial charge on any atom is 0.222 e. The van der Waals surface area contributed by atoms with E-state index in [1.807, 2.05) is 12.4 Å². The van der Waals surface area contributed by atoms with Gasteiger partial charge in [-0.1, -0.05) is 24.3 Å². The van der Waals surface area contributed by atoms with Crippen LogP contribution in [0.25, 0.3) is 0 Å². The maximum atomic E-state index is 5.63. The summed E-state index contributed by atoms with van der Waals surface area (Å²) in [6.07, 6.45) is 5.97. The van der Waals surface area contributed by atoms with E-state index in [0.717, 1.165) is 63.7 Å². The molecule has 0 unspecified atom stereocenters. The maximum absolute atomic E-state index is 5.63. The van der Waals surface area contributed by atoms with Crippen molar-refractivity contribution in [3.63, 3.8) is 0 Å². The fraction of sp³-hybridized carbons (Fsp3) is 0.474. The second kappa shape index (κ2) is 7.37. The van der Waals surface area contributed by atoms with Gasteiger partial charge in [-0.3, -0.25) is 4.90 Å². The van der Waals surface area contributed by atoms with Gasteiger partial charge in [0.05, 0.1) is 18.1 Å². The van der Waals surface area contributed by atoms with Crippen molar-refractivity contribution in [3.8, 4) is 0 Å². The molecule has 1 fully saturated rings. The second-order valence-electron chi connectivity index (χ2n) is 6.90. The number of benzene rings is 1. The van der Waals surface area contributed by atoms with Gasteiger partial charge in [0.15, 0.2) is 0 Å². The molecule has 0 bridgehead atoms. The zero-order valence-electron chi connectivity index (χ0n) is 14.6. The number of hydrogen-bond donors (Lipinski definition) is 2. The quantitative estimate of drug-likeness (QED) is 0.852. The number of nitrogens with zero attached hydrogens (tertiary/aromatic N) is 4. The van der Waals surface area contributed by atoms with Crippen LogP contribution in [0.15, 0.2) is 36.7 Å². The molecule has 25 heavy (non-hydrogen) atoms. The number of piperazine rings is 1. The van der Waals surface area contributed by atoms with Gasteiger partial charge in [0, 0.05) is 45.3 Å². The molecule has 0 spiro atoms. The normalized spacial score (nSPS) is 18.4. The molecule has 1 aliphatic carbocycles. The minimum atomic E-state index is 0.392. The molecular formula is C19H26N6. The van der Waals surface area contributed by atoms with Gasteiger partial charge < -0.3 is 16.0 Å². The van der Waals surface area contributed by atoms with Gasteiger partial charge in [0.2, 0.25) is 5.95 Å². The first-order valence-electron chi connectivity index (χ1n) is 9.14. The van der Waals surface area contributed by atoms with Gasteiger partial charge in [-0.25, -0.2) is 9.97 Å². The van der Waals surface area contributed by atoms with E-state index in [9.17, 15) is 0 Å². The summed E-state index contributed by atoms with van der Waals surface area (Å²) in [7, 11) is 0. The van der Waals surface area contributed by atoms with Crippen molar-refractivity contribution < 1.29 is 0 Å². The Kier molecular flexibility index (Phi) is 4.81. The topological polar surface area (TPSA) is 70.3 Å². The summed E-state index contributed by atoms with van der Waals surface area (Å²) in [4.78, 5) is 13.8. The van der Waals surface area contributed by atoms with E-state index in [4.69, 9.17) is 5.73 Å². The third-order valence-corrected chi connectivity index (χ3v) is 5.21. The monoisotopic (exact) mass is 338 g/mol. The molecule has 4 rings (SSSR count). The summed E-state index contributed by atoms with van der Waals surface area (Å²) in [6, 6.07) is 9.04. The first-order chi connectivity index (χ1) is 12.3. The zero-order chi connectivity index (χ0) is 17.1. The first-order valence-corrected chi connectivity index (χ1v) is 9.14. The first kappa shape index (κ1) is 16.3. The Labute approximate surface area is 149 Å². The molecule has 1 aromatic carbocycles. The Morgan fingerprint density at radius 1 is 1.00 bits per heavy atom. The number of fused-ring (bicyclic) bond motifs is 1. The van der Waals surface area contributed by atoms with Crippen molar-refractivity contribution in [2.24, 2.45) is 5.73 Å². The molecule has 1 aliphatic heterocycles. The SMILES string of the molecule is NCCN1CCN(c2cnc(NC3Cc4ccccc4C3)nc2)CC1. The Morgan fingerprint density at radius 2 is 1.64 bits per heavy atom. The molecule has 2 aliphatic rings. The molecule has 6 nitrogen and oxygen atoms in total. The van der Waals surface area contributed by atoms with Crippen molar-refractivity contribution in [2.45, 2.75) is 18.9 Å². The molecule has 132 valence electrons. The zero-order valence-corrected chi connectivity index (χ0v) is 14.6. The van der Waals surface area contributed by atoms with Crippen LogP contribution in [0.4, 0.5) is 11.6 Å². The Bertz CT molecular complexity index is 668. The highest BCUT2D eigenvalue weighted by Gasteiger charge is 2.22. The van der Waals surface area contributed by atoms with Crippen molar-refractivity contribution >= 4 is 11.6 Å². The van der Waals surface area contributed by atoms with Crippen LogP contribution in [-0.2, 0) is 12.8 Å². The lowest BCUT2D eigenvalue weighted by molar-refractivity contribution is 0.265. The standard InChI is InChI=1S/C19H26N6/c20-5-6-24-7-9-25(10-8-24)18-13-21-19(22-14-18)23-17-11-15-3-1-2-4-16(15)12-17/h1-4,13-14,17H,5-12,20H2,(H,21,22,23). The van der Waals surface area contributed by atoms with Crippen LogP contribution in [0.5, 0.6) is 0 Å². The van der Waals surface area contributed by atoms with E-state index in [2.05, 4.69) is 49.4 Å². The summed E-state index contributed by atoms with van der Waals surface area (Å²) >= 11 is 0. The highest BCUT2D eigenvalue weighted by Crippen LogP contribution is 2.24. The van der Waals surface area contributed by atoms with E-state index in [0.29, 0.717) is 6.04 Å². The number of rotatable bonds is 5. The van der Waals surface area contributed by atoms with Gasteiger partial charge in [-0.15, -0.1) is 0 Å². The summed E-state index contributed by atoms with van der Waals surface area (Å²) in [5, 5.41) is 3.48. The van der Waals surface area contributed by atoms with Gasteiger partial charge in [0.1, 0.15) is 0 Å². The van der Waals surface area contributed by atoms with Crippen LogP contribution in [-0.4, -0.2) is 60.2 Å². The van der Waals surface area contributed by atoms with Gasteiger partial charge in [0.25, 0.3) is 0 Å². The Balaban J connectivity index is 1.32. The summed E-state index contributed by atoms with van der Waals surface area (Å²) in [5.41, 5.74) is 9.61. The van der Waals surface area contributed by atoms with Crippen LogP contribution in [0, 0.1) is 0 Å². The smallest absolute Gasteiger partial charge is 0.222 e. The lowest BCUT2D eigenvalue weighted by Gasteiger charge is -2.35. The Morgan fingerprint density at radius 3 is 2.24 bits per heavy atom. The van der Waals surface area contributed by atoms with E-state index in [1.54, 1.807) is 0 Å². The number of nitrogens with two attached hydrogens (primary N) is 1. The Hall–Kier alpha value is -2.18. The number of hydrogen-bond acceptors (Lipinski definition) is 6. The average molecular weight is 338 g/mol. The molecule has 2 heterocycles. The van der Waals surface area contributed by atoms with Gasteiger partial charge in [-0.05, 0) is 24.0 Å². The van der Waals surface area contributed by atoms with E-state index < -0.39 is 0 Å². The average Bonchev–Trinajstić information content (AvgIpc) is 3.06. The lowest BCUT2D eigenvalue weighted by atomic mass is 10.1. The van der Waals surface area contributed by atoms with Crippen molar-refractivity contribution in [1.29, 1.82) is 0 Å². The fourth-order valence-corrected chi connectivity index (χ4v) is 3.81. The van der Waals surface area contributed by atoms with Crippen LogP contribution in [0.2, 0.25) is 0 Å². The van der Waals surface area contributed by atoms with Crippen LogP contribution >= 0.6 is 0 Å². The summed E-state index contributed by atoms with van der Waals surface area (Å²) in [5.74, 6) is 0.725. The molecule has 0 saturated carbocycles. The van der Waals surface area contributed by atoms with Gasteiger partial charge in [-0.2, -0.15) is 0 Å². The van der Waals surface area contributed by atoms with Crippen LogP contribution in [0.1, 0.15) is 11.1 Å². The molecule has 6 heteroatoms. The number of aromatic nitrogens is 2. The second-order valence-corrected chi connectivity index (χ2v) is 6.90. The summed E-state index contributed by atoms with van der Waals surface area (Å²) in [6.45, 7) is 5.84. The van der Waals surface area contributed by atoms with Crippen molar-refractivity contribution in [1.82, 2.24) is 14.9 Å². The highest BCUT2D eigenvalue weighted by atomic mass is 15.3. The van der Waals surface area contributed by atoms with E-state index in [-0.39, 0.29) is 0 Å². The molecule has 0 radical (unpaired) electrons. The highest BCUT2D eigenvalue weighted by molar-refractivity contribution is 5.46. The number of anilines is 2. The molecule has 2 aromatic rings. The molecule has 1 saturated heterocycles. The van der Waals surface area contributed by atoms with Gasteiger partial charge >= 0.3 is 0 Å². The summed E-state index contributed by atoms with van der Waals surface area (Å²) < 4.78 is 0. The largest absolute Gasteiger partial charge is 0.366 e. The molecule has 0 atom stereocenters. The third kappa shape index (κ3) is 3.75. The molecule has 1 aromatic heterocycles. The predicted octanol–water partition coefficient (Wildman–Crippen LogP) is 1.14. The van der Waals surface area contributed by atoms with E-state index in [1.165, 1.54) is 11.1 Å². The third-order valence-electron chi connectivity index (χ3n) is 5.21. The number of nitrogens with one attached hydrogen (secondary N) is 1. The van der Waals surface area contributed by atoms with E-state index >= 15 is 0 Å². The molecule has 3 N–H and O–H groups in total. The van der Waals surface area contributed by atoms with Crippen molar-refractivity contribution in [2.75, 3.05) is 49.5 Å². The molecular weight excluding hydrogens is 312 g/mol. The fourth-order valence-electron chi connectivity index (χ4n) is 3.81. The van der Waals surface area contributed by atoms with Crippen LogP contribution in [0.3, 0.4) is 0 Å². The molecule has 0 amide bonds. The predicted molar refractivity (Wildman–Crippen MR) is 101 cm³/mol. The minimum absolute atomic E-state index is 0.392.